The van der Waals surface area contributed by atoms with Crippen LogP contribution < -0.4 is 5.32 Å². The molecule has 2 aromatic carbocycles. The quantitative estimate of drug-likeness (QED) is 0.702. The third kappa shape index (κ3) is 3.71. The van der Waals surface area contributed by atoms with Gasteiger partial charge < -0.3 is 10.1 Å². The van der Waals surface area contributed by atoms with Crippen molar-refractivity contribution >= 4 is 17.5 Å². The van der Waals surface area contributed by atoms with Crippen molar-refractivity contribution in [1.29, 1.82) is 0 Å². The molecule has 128 valence electrons. The molecule has 0 spiro atoms. The summed E-state index contributed by atoms with van der Waals surface area (Å²) in [5.74, 6) is 0.147. The fourth-order valence-corrected chi connectivity index (χ4v) is 2.49. The molecule has 0 fully saturated rings. The second-order valence-electron chi connectivity index (χ2n) is 5.86. The van der Waals surface area contributed by atoms with Crippen LogP contribution in [0.3, 0.4) is 0 Å². The molecular weight excluding hydrogens is 314 g/mol. The van der Waals surface area contributed by atoms with Gasteiger partial charge in [0.25, 0.3) is 0 Å². The van der Waals surface area contributed by atoms with E-state index in [0.29, 0.717) is 12.4 Å². The summed E-state index contributed by atoms with van der Waals surface area (Å²) in [6.07, 6.45) is 1.63. The van der Waals surface area contributed by atoms with Crippen molar-refractivity contribution in [2.24, 2.45) is 0 Å². The van der Waals surface area contributed by atoms with Gasteiger partial charge in [-0.05, 0) is 45.0 Å². The average molecular weight is 335 g/mol. The van der Waals surface area contributed by atoms with E-state index in [-0.39, 0.29) is 5.69 Å². The number of ether oxygens (including phenoxy) is 1. The van der Waals surface area contributed by atoms with E-state index in [4.69, 9.17) is 4.74 Å². The number of aryl methyl sites for hydroxylation is 2. The van der Waals surface area contributed by atoms with Gasteiger partial charge in [0.2, 0.25) is 0 Å². The number of nitrogens with zero attached hydrogens (tertiary/aromatic N) is 2. The summed E-state index contributed by atoms with van der Waals surface area (Å²) in [5.41, 5.74) is 4.40. The number of aromatic nitrogens is 2. The Hall–Kier alpha value is -3.08. The standard InChI is InChI=1S/C20H21N3O2/c1-4-25-20(24)18-19(22-16-9-5-14(2)6-10-16)23(13-21-18)17-11-7-15(3)8-12-17/h5-13,22H,4H2,1-3H3. The highest BCUT2D eigenvalue weighted by Crippen LogP contribution is 2.25. The number of carbonyl (C=O) groups is 1. The van der Waals surface area contributed by atoms with Crippen molar-refractivity contribution in [2.45, 2.75) is 20.8 Å². The van der Waals surface area contributed by atoms with E-state index in [9.17, 15) is 4.79 Å². The van der Waals surface area contributed by atoms with Gasteiger partial charge in [-0.1, -0.05) is 35.4 Å². The molecule has 5 nitrogen and oxygen atoms in total. The molecule has 0 aliphatic heterocycles. The fraction of sp³-hybridized carbons (Fsp3) is 0.200. The summed E-state index contributed by atoms with van der Waals surface area (Å²) < 4.78 is 6.99. The highest BCUT2D eigenvalue weighted by Gasteiger charge is 2.20. The van der Waals surface area contributed by atoms with Gasteiger partial charge in [-0.2, -0.15) is 0 Å². The van der Waals surface area contributed by atoms with Crippen molar-refractivity contribution in [1.82, 2.24) is 9.55 Å². The van der Waals surface area contributed by atoms with Crippen LogP contribution in [0.5, 0.6) is 0 Å². The zero-order chi connectivity index (χ0) is 17.8. The lowest BCUT2D eigenvalue weighted by Gasteiger charge is -2.13. The maximum Gasteiger partial charge on any atom is 0.360 e. The first-order valence-corrected chi connectivity index (χ1v) is 8.23. The lowest BCUT2D eigenvalue weighted by atomic mass is 10.2. The number of benzene rings is 2. The van der Waals surface area contributed by atoms with Crippen LogP contribution in [-0.4, -0.2) is 22.1 Å². The Morgan fingerprint density at radius 1 is 1.04 bits per heavy atom. The molecular formula is C20H21N3O2. The van der Waals surface area contributed by atoms with Crippen LogP contribution in [-0.2, 0) is 4.74 Å². The van der Waals surface area contributed by atoms with Crippen LogP contribution in [0.1, 0.15) is 28.5 Å². The number of imidazole rings is 1. The largest absolute Gasteiger partial charge is 0.461 e. The summed E-state index contributed by atoms with van der Waals surface area (Å²) in [6, 6.07) is 16.0. The van der Waals surface area contributed by atoms with Gasteiger partial charge in [-0.3, -0.25) is 4.57 Å². The van der Waals surface area contributed by atoms with Crippen LogP contribution in [0, 0.1) is 13.8 Å². The summed E-state index contributed by atoms with van der Waals surface area (Å²) in [6.45, 7) is 6.15. The molecule has 1 N–H and O–H groups in total. The van der Waals surface area contributed by atoms with Crippen LogP contribution in [0.15, 0.2) is 54.9 Å². The number of hydrogen-bond acceptors (Lipinski definition) is 4. The summed E-state index contributed by atoms with van der Waals surface area (Å²) >= 11 is 0. The van der Waals surface area contributed by atoms with Gasteiger partial charge in [0.05, 0.1) is 6.61 Å². The van der Waals surface area contributed by atoms with Gasteiger partial charge in [-0.15, -0.1) is 0 Å². The van der Waals surface area contributed by atoms with Gasteiger partial charge in [0.15, 0.2) is 5.69 Å². The molecule has 0 aliphatic rings. The molecule has 3 aromatic rings. The lowest BCUT2D eigenvalue weighted by Crippen LogP contribution is -2.09. The Labute approximate surface area is 147 Å². The van der Waals surface area contributed by atoms with E-state index >= 15 is 0 Å². The second kappa shape index (κ2) is 7.21. The van der Waals surface area contributed by atoms with Crippen molar-refractivity contribution in [3.05, 3.63) is 71.7 Å². The molecule has 0 radical (unpaired) electrons. The summed E-state index contributed by atoms with van der Waals surface area (Å²) in [4.78, 5) is 16.5. The molecule has 0 aliphatic carbocycles. The van der Waals surface area contributed by atoms with Crippen LogP contribution in [0.2, 0.25) is 0 Å². The van der Waals surface area contributed by atoms with E-state index in [2.05, 4.69) is 10.3 Å². The van der Waals surface area contributed by atoms with E-state index in [0.717, 1.165) is 11.4 Å². The van der Waals surface area contributed by atoms with E-state index in [1.807, 2.05) is 66.9 Å². The van der Waals surface area contributed by atoms with Gasteiger partial charge in [-0.25, -0.2) is 9.78 Å². The van der Waals surface area contributed by atoms with Crippen molar-refractivity contribution in [3.8, 4) is 5.69 Å². The average Bonchev–Trinajstić information content (AvgIpc) is 3.01. The molecule has 25 heavy (non-hydrogen) atoms. The van der Waals surface area contributed by atoms with E-state index in [1.165, 1.54) is 11.1 Å². The Balaban J connectivity index is 2.04. The van der Waals surface area contributed by atoms with Gasteiger partial charge in [0, 0.05) is 11.4 Å². The Morgan fingerprint density at radius 3 is 2.24 bits per heavy atom. The molecule has 0 unspecified atom stereocenters. The van der Waals surface area contributed by atoms with Crippen molar-refractivity contribution < 1.29 is 9.53 Å². The van der Waals surface area contributed by atoms with Gasteiger partial charge in [0.1, 0.15) is 12.1 Å². The molecule has 0 saturated carbocycles. The lowest BCUT2D eigenvalue weighted by molar-refractivity contribution is 0.0521. The fourth-order valence-electron chi connectivity index (χ4n) is 2.49. The first-order valence-electron chi connectivity index (χ1n) is 8.23. The maximum atomic E-state index is 12.3. The predicted octanol–water partition coefficient (Wildman–Crippen LogP) is 4.41. The number of esters is 1. The Bertz CT molecular complexity index is 865. The van der Waals surface area contributed by atoms with Gasteiger partial charge >= 0.3 is 5.97 Å². The molecule has 1 heterocycles. The zero-order valence-corrected chi connectivity index (χ0v) is 14.6. The minimum absolute atomic E-state index is 0.267. The highest BCUT2D eigenvalue weighted by molar-refractivity contribution is 5.94. The number of hydrogen-bond donors (Lipinski definition) is 1. The molecule has 0 amide bonds. The SMILES string of the molecule is CCOC(=O)c1ncn(-c2ccc(C)cc2)c1Nc1ccc(C)cc1. The Kier molecular flexibility index (Phi) is 4.84. The zero-order valence-electron chi connectivity index (χ0n) is 14.6. The van der Waals surface area contributed by atoms with Crippen LogP contribution in [0.25, 0.3) is 5.69 Å². The van der Waals surface area contributed by atoms with Crippen LogP contribution >= 0.6 is 0 Å². The van der Waals surface area contributed by atoms with E-state index < -0.39 is 5.97 Å². The third-order valence-electron chi connectivity index (χ3n) is 3.86. The highest BCUT2D eigenvalue weighted by atomic mass is 16.5. The number of carbonyl (C=O) groups excluding carboxylic acids is 1. The summed E-state index contributed by atoms with van der Waals surface area (Å²) in [5, 5.41) is 3.30. The second-order valence-corrected chi connectivity index (χ2v) is 5.86. The maximum absolute atomic E-state index is 12.3. The monoisotopic (exact) mass is 335 g/mol. The molecule has 0 atom stereocenters. The smallest absolute Gasteiger partial charge is 0.360 e. The predicted molar refractivity (Wildman–Crippen MR) is 98.7 cm³/mol. The first-order chi connectivity index (χ1) is 12.1. The molecule has 1 aromatic heterocycles. The number of nitrogens with one attached hydrogen (secondary N) is 1. The van der Waals surface area contributed by atoms with E-state index in [1.54, 1.807) is 13.3 Å². The minimum atomic E-state index is -0.442. The Morgan fingerprint density at radius 2 is 1.64 bits per heavy atom. The summed E-state index contributed by atoms with van der Waals surface area (Å²) in [7, 11) is 0. The minimum Gasteiger partial charge on any atom is -0.461 e. The molecule has 0 saturated heterocycles. The topological polar surface area (TPSA) is 56.1 Å². The third-order valence-corrected chi connectivity index (χ3v) is 3.86. The molecule has 3 rings (SSSR count). The van der Waals surface area contributed by atoms with Crippen molar-refractivity contribution in [3.63, 3.8) is 0 Å². The van der Waals surface area contributed by atoms with Crippen LogP contribution in [0.4, 0.5) is 11.5 Å². The van der Waals surface area contributed by atoms with Crippen molar-refractivity contribution in [2.75, 3.05) is 11.9 Å². The molecule has 5 heteroatoms. The number of anilines is 2. The molecule has 0 bridgehead atoms. The number of rotatable bonds is 5. The normalized spacial score (nSPS) is 10.5. The first kappa shape index (κ1) is 16.8.